The van der Waals surface area contributed by atoms with Crippen LogP contribution in [0.1, 0.15) is 5.56 Å². The maximum atomic E-state index is 9.03. The molecular weight excluding hydrogens is 204 g/mol. The Hall–Kier alpha value is -1.94. The first-order chi connectivity index (χ1) is 7.83. The first-order valence-corrected chi connectivity index (χ1v) is 4.89. The summed E-state index contributed by atoms with van der Waals surface area (Å²) in [5.74, 6) is 0.571. The van der Waals surface area contributed by atoms with Gasteiger partial charge in [0, 0.05) is 24.0 Å². The summed E-state index contributed by atoms with van der Waals surface area (Å²) in [4.78, 5) is 8.33. The minimum absolute atomic E-state index is 0.0130. The van der Waals surface area contributed by atoms with Gasteiger partial charge in [-0.15, -0.1) is 0 Å². The third kappa shape index (κ3) is 2.17. The molecule has 0 unspecified atom stereocenters. The fraction of sp³-hybridized carbons (Fsp3) is 0.167. The Morgan fingerprint density at radius 2 is 2.12 bits per heavy atom. The van der Waals surface area contributed by atoms with Crippen LogP contribution in [0.15, 0.2) is 36.7 Å². The van der Waals surface area contributed by atoms with Gasteiger partial charge in [0.1, 0.15) is 0 Å². The van der Waals surface area contributed by atoms with Crippen molar-refractivity contribution in [2.45, 2.75) is 6.61 Å². The molecule has 16 heavy (non-hydrogen) atoms. The van der Waals surface area contributed by atoms with E-state index >= 15 is 0 Å². The number of aromatic nitrogens is 2. The molecule has 4 nitrogen and oxygen atoms in total. The van der Waals surface area contributed by atoms with Gasteiger partial charge in [-0.1, -0.05) is 0 Å². The van der Waals surface area contributed by atoms with Gasteiger partial charge in [0.2, 0.25) is 5.88 Å². The Morgan fingerprint density at radius 3 is 2.75 bits per heavy atom. The molecule has 2 aromatic heterocycles. The third-order valence-corrected chi connectivity index (χ3v) is 2.25. The number of nitrogens with zero attached hydrogens (tertiary/aromatic N) is 2. The van der Waals surface area contributed by atoms with E-state index in [4.69, 9.17) is 9.84 Å². The van der Waals surface area contributed by atoms with Crippen LogP contribution in [-0.2, 0) is 6.61 Å². The maximum Gasteiger partial charge on any atom is 0.212 e. The molecule has 0 saturated heterocycles. The van der Waals surface area contributed by atoms with Crippen molar-refractivity contribution in [1.82, 2.24) is 9.97 Å². The predicted molar refractivity (Wildman–Crippen MR) is 59.9 cm³/mol. The maximum absolute atomic E-state index is 9.03. The molecular formula is C12H12N2O2. The quantitative estimate of drug-likeness (QED) is 0.847. The largest absolute Gasteiger partial charge is 0.481 e. The summed E-state index contributed by atoms with van der Waals surface area (Å²) < 4.78 is 4.98. The van der Waals surface area contributed by atoms with Crippen LogP contribution >= 0.6 is 0 Å². The zero-order chi connectivity index (χ0) is 11.4. The lowest BCUT2D eigenvalue weighted by atomic mass is 10.1. The van der Waals surface area contributed by atoms with E-state index in [1.807, 2.05) is 12.1 Å². The number of aliphatic hydroxyl groups excluding tert-OH is 1. The number of methoxy groups -OCH3 is 1. The first kappa shape index (κ1) is 10.6. The molecule has 0 saturated carbocycles. The molecule has 1 N–H and O–H groups in total. The monoisotopic (exact) mass is 216 g/mol. The Kier molecular flexibility index (Phi) is 3.12. The van der Waals surface area contributed by atoms with E-state index in [0.29, 0.717) is 5.88 Å². The summed E-state index contributed by atoms with van der Waals surface area (Å²) in [5.41, 5.74) is 2.53. The zero-order valence-electron chi connectivity index (χ0n) is 8.92. The molecule has 0 fully saturated rings. The predicted octanol–water partition coefficient (Wildman–Crippen LogP) is 1.64. The molecule has 0 aliphatic rings. The molecule has 0 aliphatic heterocycles. The van der Waals surface area contributed by atoms with Crippen molar-refractivity contribution in [2.24, 2.45) is 0 Å². The lowest BCUT2D eigenvalue weighted by molar-refractivity contribution is 0.282. The molecule has 0 bridgehead atoms. The van der Waals surface area contributed by atoms with Crippen LogP contribution in [0.25, 0.3) is 11.3 Å². The number of rotatable bonds is 3. The van der Waals surface area contributed by atoms with Crippen molar-refractivity contribution in [3.8, 4) is 17.1 Å². The average molecular weight is 216 g/mol. The van der Waals surface area contributed by atoms with E-state index in [2.05, 4.69) is 9.97 Å². The Morgan fingerprint density at radius 1 is 1.25 bits per heavy atom. The van der Waals surface area contributed by atoms with Crippen molar-refractivity contribution in [2.75, 3.05) is 7.11 Å². The third-order valence-electron chi connectivity index (χ3n) is 2.25. The molecule has 4 heteroatoms. The summed E-state index contributed by atoms with van der Waals surface area (Å²) in [6.07, 6.45) is 3.37. The minimum Gasteiger partial charge on any atom is -0.481 e. The first-order valence-electron chi connectivity index (χ1n) is 4.89. The van der Waals surface area contributed by atoms with Crippen molar-refractivity contribution in [3.63, 3.8) is 0 Å². The Bertz CT molecular complexity index is 469. The number of hydrogen-bond acceptors (Lipinski definition) is 4. The van der Waals surface area contributed by atoms with Gasteiger partial charge < -0.3 is 9.84 Å². The van der Waals surface area contributed by atoms with Crippen molar-refractivity contribution in [3.05, 3.63) is 42.2 Å². The highest BCUT2D eigenvalue weighted by molar-refractivity contribution is 5.58. The van der Waals surface area contributed by atoms with Crippen LogP contribution in [0.2, 0.25) is 0 Å². The summed E-state index contributed by atoms with van der Waals surface area (Å²) in [6.45, 7) is 0.0130. The standard InChI is InChI=1S/C12H12N2O2/c1-16-12-3-2-10(7-14-12)11-6-9(8-15)4-5-13-11/h2-7,15H,8H2,1H3. The molecule has 0 aromatic carbocycles. The van der Waals surface area contributed by atoms with Crippen molar-refractivity contribution in [1.29, 1.82) is 0 Å². The van der Waals surface area contributed by atoms with E-state index < -0.39 is 0 Å². The van der Waals surface area contributed by atoms with Gasteiger partial charge in [0.15, 0.2) is 0 Å². The number of pyridine rings is 2. The fourth-order valence-electron chi connectivity index (χ4n) is 1.38. The minimum atomic E-state index is 0.0130. The number of hydrogen-bond donors (Lipinski definition) is 1. The molecule has 2 heterocycles. The summed E-state index contributed by atoms with van der Waals surface area (Å²) in [5, 5.41) is 9.03. The van der Waals surface area contributed by atoms with Gasteiger partial charge in [0.05, 0.1) is 19.4 Å². The van der Waals surface area contributed by atoms with Gasteiger partial charge >= 0.3 is 0 Å². The van der Waals surface area contributed by atoms with Crippen LogP contribution < -0.4 is 4.74 Å². The van der Waals surface area contributed by atoms with Gasteiger partial charge in [-0.25, -0.2) is 4.98 Å². The Balaban J connectivity index is 2.34. The highest BCUT2D eigenvalue weighted by atomic mass is 16.5. The van der Waals surface area contributed by atoms with E-state index in [0.717, 1.165) is 16.8 Å². The average Bonchev–Trinajstić information content (AvgIpc) is 2.39. The van der Waals surface area contributed by atoms with Crippen LogP contribution in [0.4, 0.5) is 0 Å². The highest BCUT2D eigenvalue weighted by Crippen LogP contribution is 2.18. The molecule has 82 valence electrons. The van der Waals surface area contributed by atoms with Crippen molar-refractivity contribution < 1.29 is 9.84 Å². The van der Waals surface area contributed by atoms with E-state index in [-0.39, 0.29) is 6.61 Å². The molecule has 2 rings (SSSR count). The summed E-state index contributed by atoms with van der Waals surface area (Å²) >= 11 is 0. The smallest absolute Gasteiger partial charge is 0.212 e. The van der Waals surface area contributed by atoms with Crippen LogP contribution in [-0.4, -0.2) is 22.2 Å². The van der Waals surface area contributed by atoms with Crippen LogP contribution in [0, 0.1) is 0 Å². The van der Waals surface area contributed by atoms with Gasteiger partial charge in [0.25, 0.3) is 0 Å². The van der Waals surface area contributed by atoms with Gasteiger partial charge in [-0.3, -0.25) is 4.98 Å². The Labute approximate surface area is 93.6 Å². The van der Waals surface area contributed by atoms with E-state index in [1.54, 1.807) is 31.6 Å². The molecule has 0 radical (unpaired) electrons. The summed E-state index contributed by atoms with van der Waals surface area (Å²) in [7, 11) is 1.58. The van der Waals surface area contributed by atoms with Crippen molar-refractivity contribution >= 4 is 0 Å². The number of aliphatic hydroxyl groups is 1. The fourth-order valence-corrected chi connectivity index (χ4v) is 1.38. The van der Waals surface area contributed by atoms with Gasteiger partial charge in [-0.05, 0) is 23.8 Å². The molecule has 0 aliphatic carbocycles. The molecule has 0 spiro atoms. The zero-order valence-corrected chi connectivity index (χ0v) is 8.92. The van der Waals surface area contributed by atoms with E-state index in [1.165, 1.54) is 0 Å². The number of ether oxygens (including phenoxy) is 1. The molecule has 2 aromatic rings. The lowest BCUT2D eigenvalue weighted by Gasteiger charge is -2.03. The summed E-state index contributed by atoms with van der Waals surface area (Å²) in [6, 6.07) is 7.28. The second kappa shape index (κ2) is 4.72. The van der Waals surface area contributed by atoms with Crippen LogP contribution in [0.5, 0.6) is 5.88 Å². The van der Waals surface area contributed by atoms with Gasteiger partial charge in [-0.2, -0.15) is 0 Å². The highest BCUT2D eigenvalue weighted by Gasteiger charge is 2.01. The SMILES string of the molecule is COc1ccc(-c2cc(CO)ccn2)cn1. The normalized spacial score (nSPS) is 10.1. The van der Waals surface area contributed by atoms with Crippen LogP contribution in [0.3, 0.4) is 0 Å². The molecule has 0 atom stereocenters. The second-order valence-electron chi connectivity index (χ2n) is 3.30. The lowest BCUT2D eigenvalue weighted by Crippen LogP contribution is -1.90. The topological polar surface area (TPSA) is 55.2 Å². The molecule has 0 amide bonds. The second-order valence-corrected chi connectivity index (χ2v) is 3.30. The van der Waals surface area contributed by atoms with E-state index in [9.17, 15) is 0 Å².